The molecule has 31 heavy (non-hydrogen) atoms. The summed E-state index contributed by atoms with van der Waals surface area (Å²) >= 11 is 6.35. The summed E-state index contributed by atoms with van der Waals surface area (Å²) in [4.78, 5) is 21.1. The minimum atomic E-state index is -0.275. The molecule has 2 aromatic rings. The fraction of sp³-hybridized carbons (Fsp3) is 0.440. The zero-order valence-corrected chi connectivity index (χ0v) is 19.3. The highest BCUT2D eigenvalue weighted by Gasteiger charge is 2.43. The molecule has 2 aliphatic rings. The zero-order valence-electron chi connectivity index (χ0n) is 18.6. The first-order valence-electron chi connectivity index (χ1n) is 11.0. The van der Waals surface area contributed by atoms with Gasteiger partial charge in [-0.05, 0) is 75.0 Å². The predicted molar refractivity (Wildman–Crippen MR) is 129 cm³/mol. The molecule has 0 spiro atoms. The van der Waals surface area contributed by atoms with Gasteiger partial charge in [0.1, 0.15) is 5.84 Å². The number of nitrogens with zero attached hydrogens (tertiary/aromatic N) is 3. The molecule has 2 heterocycles. The zero-order chi connectivity index (χ0) is 22.2. The smallest absolute Gasteiger partial charge is 0.153 e. The number of aldehydes is 1. The van der Waals surface area contributed by atoms with Gasteiger partial charge in [0.2, 0.25) is 0 Å². The van der Waals surface area contributed by atoms with Gasteiger partial charge in [-0.15, -0.1) is 0 Å². The van der Waals surface area contributed by atoms with Crippen molar-refractivity contribution in [1.82, 2.24) is 4.90 Å². The molecule has 0 saturated carbocycles. The van der Waals surface area contributed by atoms with Crippen LogP contribution in [0.3, 0.4) is 0 Å². The summed E-state index contributed by atoms with van der Waals surface area (Å²) in [6.45, 7) is 8.30. The van der Waals surface area contributed by atoms with Crippen molar-refractivity contribution in [1.29, 1.82) is 0 Å². The van der Waals surface area contributed by atoms with Crippen molar-refractivity contribution in [2.24, 2.45) is 10.7 Å². The van der Waals surface area contributed by atoms with Gasteiger partial charge in [-0.25, -0.2) is 0 Å². The SMILES string of the molecule is CN=C1N(c2cccc(Cl)c2C=O)c2ccc(C3CCN(CCN)CC3)cc2C1(C)C. The van der Waals surface area contributed by atoms with Crippen LogP contribution in [0.4, 0.5) is 11.4 Å². The Morgan fingerprint density at radius 2 is 1.94 bits per heavy atom. The van der Waals surface area contributed by atoms with Gasteiger partial charge in [0.25, 0.3) is 0 Å². The second kappa shape index (κ2) is 8.73. The molecule has 2 aliphatic heterocycles. The van der Waals surface area contributed by atoms with Gasteiger partial charge in [0, 0.05) is 25.6 Å². The van der Waals surface area contributed by atoms with E-state index >= 15 is 0 Å². The first kappa shape index (κ1) is 22.0. The third-order valence-electron chi connectivity index (χ3n) is 6.81. The van der Waals surface area contributed by atoms with Crippen LogP contribution >= 0.6 is 11.6 Å². The number of amidine groups is 1. The molecule has 4 rings (SSSR count). The van der Waals surface area contributed by atoms with E-state index in [0.717, 1.165) is 62.5 Å². The Kier molecular flexibility index (Phi) is 6.20. The molecule has 0 aromatic heterocycles. The summed E-state index contributed by atoms with van der Waals surface area (Å²) < 4.78 is 0. The highest BCUT2D eigenvalue weighted by Crippen LogP contribution is 2.48. The number of hydrogen-bond acceptors (Lipinski definition) is 4. The molecule has 6 heteroatoms. The van der Waals surface area contributed by atoms with Crippen molar-refractivity contribution in [3.63, 3.8) is 0 Å². The number of piperidine rings is 1. The molecule has 164 valence electrons. The average molecular weight is 439 g/mol. The fourth-order valence-electron chi connectivity index (χ4n) is 5.15. The summed E-state index contributed by atoms with van der Waals surface area (Å²) in [5, 5.41) is 0.454. The van der Waals surface area contributed by atoms with Crippen LogP contribution in [0, 0.1) is 0 Å². The number of hydrogen-bond donors (Lipinski definition) is 1. The first-order valence-corrected chi connectivity index (χ1v) is 11.4. The molecular formula is C25H31ClN4O. The lowest BCUT2D eigenvalue weighted by Crippen LogP contribution is -2.36. The molecular weight excluding hydrogens is 408 g/mol. The van der Waals surface area contributed by atoms with E-state index in [1.807, 2.05) is 19.2 Å². The quantitative estimate of drug-likeness (QED) is 0.684. The number of fused-ring (bicyclic) bond motifs is 1. The molecule has 1 fully saturated rings. The number of benzene rings is 2. The lowest BCUT2D eigenvalue weighted by atomic mass is 9.82. The Labute approximate surface area is 189 Å². The largest absolute Gasteiger partial charge is 0.329 e. The van der Waals surface area contributed by atoms with Crippen LogP contribution in [0.15, 0.2) is 41.4 Å². The van der Waals surface area contributed by atoms with E-state index in [-0.39, 0.29) is 5.41 Å². The normalized spacial score (nSPS) is 20.3. The maximum absolute atomic E-state index is 11.8. The molecule has 0 radical (unpaired) electrons. The molecule has 0 bridgehead atoms. The highest BCUT2D eigenvalue weighted by molar-refractivity contribution is 6.34. The number of aliphatic imine (C=N–C) groups is 1. The van der Waals surface area contributed by atoms with E-state index in [0.29, 0.717) is 16.5 Å². The number of anilines is 2. The van der Waals surface area contributed by atoms with Gasteiger partial charge < -0.3 is 10.6 Å². The predicted octanol–water partition coefficient (Wildman–Crippen LogP) is 4.75. The Morgan fingerprint density at radius 3 is 2.58 bits per heavy atom. The molecule has 0 atom stereocenters. The molecule has 0 unspecified atom stereocenters. The van der Waals surface area contributed by atoms with Crippen molar-refractivity contribution >= 4 is 35.1 Å². The first-order chi connectivity index (χ1) is 14.9. The van der Waals surface area contributed by atoms with Gasteiger partial charge in [0.05, 0.1) is 22.0 Å². The molecule has 0 amide bonds. The lowest BCUT2D eigenvalue weighted by molar-refractivity contribution is 0.112. The van der Waals surface area contributed by atoms with E-state index in [4.69, 9.17) is 17.3 Å². The third-order valence-corrected chi connectivity index (χ3v) is 7.14. The molecule has 0 aliphatic carbocycles. The molecule has 1 saturated heterocycles. The number of nitrogens with two attached hydrogens (primary N) is 1. The number of likely N-dealkylation sites (tertiary alicyclic amines) is 1. The van der Waals surface area contributed by atoms with Crippen molar-refractivity contribution < 1.29 is 4.79 Å². The van der Waals surface area contributed by atoms with Crippen LogP contribution < -0.4 is 10.6 Å². The van der Waals surface area contributed by atoms with Gasteiger partial charge in [-0.1, -0.05) is 29.8 Å². The highest BCUT2D eigenvalue weighted by atomic mass is 35.5. The Bertz CT molecular complexity index is 1010. The van der Waals surface area contributed by atoms with Crippen molar-refractivity contribution in [2.75, 3.05) is 38.1 Å². The second-order valence-electron chi connectivity index (χ2n) is 8.98. The van der Waals surface area contributed by atoms with Crippen molar-refractivity contribution in [3.05, 3.63) is 58.1 Å². The summed E-state index contributed by atoms with van der Waals surface area (Å²) in [7, 11) is 1.81. The fourth-order valence-corrected chi connectivity index (χ4v) is 5.36. The van der Waals surface area contributed by atoms with Crippen LogP contribution in [-0.2, 0) is 5.41 Å². The van der Waals surface area contributed by atoms with Crippen LogP contribution in [0.2, 0.25) is 5.02 Å². The minimum Gasteiger partial charge on any atom is -0.329 e. The lowest BCUT2D eigenvalue weighted by Gasteiger charge is -2.32. The summed E-state index contributed by atoms with van der Waals surface area (Å²) in [6, 6.07) is 12.4. The van der Waals surface area contributed by atoms with Crippen LogP contribution in [-0.4, -0.2) is 50.2 Å². The van der Waals surface area contributed by atoms with Gasteiger partial charge >= 0.3 is 0 Å². The van der Waals surface area contributed by atoms with E-state index in [9.17, 15) is 4.79 Å². The van der Waals surface area contributed by atoms with Crippen LogP contribution in [0.5, 0.6) is 0 Å². The minimum absolute atomic E-state index is 0.275. The standard InChI is InChI=1S/C25H31ClN4O/c1-25(2)20-15-18(17-9-12-29(13-10-17)14-11-27)7-8-23(20)30(24(25)28-3)22-6-4-5-21(26)19(22)16-31/h4-8,15-17H,9-14,27H2,1-3H3. The number of halogens is 1. The molecule has 2 aromatic carbocycles. The molecule has 2 N–H and O–H groups in total. The monoisotopic (exact) mass is 438 g/mol. The molecule has 5 nitrogen and oxygen atoms in total. The third kappa shape index (κ3) is 3.79. The van der Waals surface area contributed by atoms with Crippen LogP contribution in [0.1, 0.15) is 54.1 Å². The van der Waals surface area contributed by atoms with E-state index in [2.05, 4.69) is 46.8 Å². The van der Waals surface area contributed by atoms with Crippen LogP contribution in [0.25, 0.3) is 0 Å². The number of carbonyl (C=O) groups excluding carboxylic acids is 1. The average Bonchev–Trinajstić information content (AvgIpc) is 3.00. The topological polar surface area (TPSA) is 61.9 Å². The number of carbonyl (C=O) groups is 1. The van der Waals surface area contributed by atoms with E-state index in [1.54, 1.807) is 6.07 Å². The maximum atomic E-state index is 11.8. The Balaban J connectivity index is 1.74. The Morgan fingerprint density at radius 1 is 1.19 bits per heavy atom. The van der Waals surface area contributed by atoms with Crippen molar-refractivity contribution in [2.45, 2.75) is 38.0 Å². The summed E-state index contributed by atoms with van der Waals surface area (Å²) in [5.74, 6) is 1.48. The van der Waals surface area contributed by atoms with E-state index in [1.165, 1.54) is 11.1 Å². The summed E-state index contributed by atoms with van der Waals surface area (Å²) in [6.07, 6.45) is 3.14. The van der Waals surface area contributed by atoms with Crippen molar-refractivity contribution in [3.8, 4) is 0 Å². The van der Waals surface area contributed by atoms with E-state index < -0.39 is 0 Å². The summed E-state index contributed by atoms with van der Waals surface area (Å²) in [5.41, 5.74) is 10.4. The van der Waals surface area contributed by atoms with Gasteiger partial charge in [0.15, 0.2) is 6.29 Å². The second-order valence-corrected chi connectivity index (χ2v) is 9.39. The Hall–Kier alpha value is -2.21. The van der Waals surface area contributed by atoms with Gasteiger partial charge in [-0.3, -0.25) is 14.7 Å². The number of rotatable bonds is 5. The van der Waals surface area contributed by atoms with Gasteiger partial charge in [-0.2, -0.15) is 0 Å². The maximum Gasteiger partial charge on any atom is 0.153 e.